The van der Waals surface area contributed by atoms with Crippen molar-refractivity contribution in [3.63, 3.8) is 0 Å². The van der Waals surface area contributed by atoms with Gasteiger partial charge in [0.2, 0.25) is 35.4 Å². The fraction of sp³-hybridized carbons (Fsp3) is 0.436. The fourth-order valence-electron chi connectivity index (χ4n) is 11.2. The van der Waals surface area contributed by atoms with E-state index in [2.05, 4.69) is 33.1 Å². The number of imide groups is 1. The number of nitrogens with one attached hydrogen (secondary N) is 4. The summed E-state index contributed by atoms with van der Waals surface area (Å²) in [6.07, 6.45) is 2.71. The zero-order valence-electron chi connectivity index (χ0n) is 43.9. The highest BCUT2D eigenvalue weighted by Gasteiger charge is 2.51. The molecule has 6 atom stereocenters. The molecule has 1 aromatic heterocycles. The van der Waals surface area contributed by atoms with E-state index in [1.807, 2.05) is 11.0 Å². The summed E-state index contributed by atoms with van der Waals surface area (Å²) in [6.45, 7) is 0.685. The lowest BCUT2D eigenvalue weighted by Gasteiger charge is -2.38. The summed E-state index contributed by atoms with van der Waals surface area (Å²) in [4.78, 5) is 146. The van der Waals surface area contributed by atoms with Crippen LogP contribution in [0.3, 0.4) is 0 Å². The number of amides is 9. The van der Waals surface area contributed by atoms with Crippen LogP contribution in [-0.4, -0.2) is 153 Å². The Labute approximate surface area is 467 Å². The lowest BCUT2D eigenvalue weighted by atomic mass is 9.91. The molecule has 0 aliphatic carbocycles. The molecule has 0 radical (unpaired) electrons. The zero-order chi connectivity index (χ0) is 57.9. The number of fused-ring (bicyclic) bond motifs is 3. The first-order valence-electron chi connectivity index (χ1n) is 26.5. The Kier molecular flexibility index (Phi) is 17.4. The molecule has 1 unspecified atom stereocenters. The smallest absolute Gasteiger partial charge is 0.404 e. The number of carbonyl (C=O) groups excluding carboxylic acids is 9. The number of nitrogens with zero attached hydrogens (tertiary/aromatic N) is 4. The predicted octanol–water partition coefficient (Wildman–Crippen LogP) is 3.19. The van der Waals surface area contributed by atoms with Crippen LogP contribution in [0.5, 0.6) is 0 Å². The minimum absolute atomic E-state index is 0.0158. The summed E-state index contributed by atoms with van der Waals surface area (Å²) in [5, 5.41) is 10.5. The molecule has 428 valence electrons. The van der Waals surface area contributed by atoms with Gasteiger partial charge in [0.1, 0.15) is 36.8 Å². The van der Waals surface area contributed by atoms with Crippen LogP contribution in [0, 0.1) is 17.8 Å². The van der Waals surface area contributed by atoms with Crippen LogP contribution >= 0.6 is 18.9 Å². The van der Waals surface area contributed by atoms with Crippen molar-refractivity contribution in [3.8, 4) is 11.8 Å². The second kappa shape index (κ2) is 24.2. The number of halogens is 2. The maximum absolute atomic E-state index is 14.6. The number of thiophene rings is 1. The molecule has 5 aliphatic heterocycles. The molecule has 9 amide bonds. The van der Waals surface area contributed by atoms with Crippen LogP contribution in [0.2, 0.25) is 0 Å². The van der Waals surface area contributed by atoms with Crippen LogP contribution in [0.15, 0.2) is 72.8 Å². The zero-order valence-corrected chi connectivity index (χ0v) is 45.6. The molecule has 5 aliphatic rings. The number of likely N-dealkylation sites (tertiary alicyclic amines) is 1. The maximum Gasteiger partial charge on any atom is 0.404 e. The number of hydrogen-bond donors (Lipinski definition) is 7. The summed E-state index contributed by atoms with van der Waals surface area (Å²) in [6, 6.07) is 11.6. The van der Waals surface area contributed by atoms with E-state index in [4.69, 9.17) is 10.5 Å². The largest absolute Gasteiger partial charge is 0.447 e. The van der Waals surface area contributed by atoms with E-state index in [0.29, 0.717) is 73.1 Å². The van der Waals surface area contributed by atoms with Crippen molar-refractivity contribution in [2.45, 2.75) is 106 Å². The molecule has 81 heavy (non-hydrogen) atoms. The standard InChI is InChI=1S/C55H60F2N9O13PS/c1-63-23-22-36-15-16-42(66(36)52(73)39(29-63)59-50(71)44-27-34-26-35(14-18-43(34)81-44)55(56,57)80(76,77)78)49(70)60-40(30-79-54(58)75)47(68)62-46(33-10-3-2-4-11-33)53(74)64-24-20-31(21-25-64)8-5-6-9-32-12-7-13-37-38(32)28-65(51(37)72)41-17-19-45(67)61-48(41)69/h2-4,7,10-14,18,26-27,31,36,39-42,46H,5,8,15-17,19-25,28-30H2,1H3,(H2,58,75)(H,59,71)(H,60,70)(H,62,68)(H,61,67,69)(H2,76,77,78)/t36-,39+,40+,41?,42+,46+/m1/s1. The van der Waals surface area contributed by atoms with Crippen molar-refractivity contribution in [3.05, 3.63) is 105 Å². The number of rotatable bonds is 15. The number of benzene rings is 3. The van der Waals surface area contributed by atoms with Crippen LogP contribution in [0.25, 0.3) is 10.1 Å². The molecule has 0 spiro atoms. The maximum atomic E-state index is 14.6. The van der Waals surface area contributed by atoms with Crippen LogP contribution in [0.1, 0.15) is 106 Å². The third-order valence-electron chi connectivity index (χ3n) is 15.6. The van der Waals surface area contributed by atoms with Crippen molar-refractivity contribution in [2.75, 3.05) is 39.8 Å². The van der Waals surface area contributed by atoms with E-state index in [0.717, 1.165) is 35.5 Å². The normalized spacial score (nSPS) is 21.6. The van der Waals surface area contributed by atoms with Gasteiger partial charge in [0, 0.05) is 66.5 Å². The number of hydrogen-bond acceptors (Lipinski definition) is 13. The second-order valence-corrected chi connectivity index (χ2v) is 23.6. The number of primary amides is 1. The summed E-state index contributed by atoms with van der Waals surface area (Å²) in [5.74, 6) is 2.09. The van der Waals surface area contributed by atoms with Gasteiger partial charge in [0.25, 0.3) is 11.8 Å². The topological polar surface area (TPSA) is 307 Å². The molecule has 26 heteroatoms. The minimum atomic E-state index is -5.87. The van der Waals surface area contributed by atoms with E-state index < -0.39 is 103 Å². The number of ether oxygens (including phenoxy) is 1. The Bertz CT molecular complexity index is 3290. The number of carbonyl (C=O) groups is 9. The van der Waals surface area contributed by atoms with Crippen molar-refractivity contribution < 1.29 is 71.0 Å². The number of nitrogens with two attached hydrogens (primary N) is 1. The Hall–Kier alpha value is -7.62. The lowest BCUT2D eigenvalue weighted by Crippen LogP contribution is -2.61. The average Bonchev–Trinajstić information content (AvgIpc) is 4.26. The average molecular weight is 1160 g/mol. The Morgan fingerprint density at radius 1 is 0.926 bits per heavy atom. The molecule has 9 rings (SSSR count). The van der Waals surface area contributed by atoms with Crippen molar-refractivity contribution in [2.24, 2.45) is 11.7 Å². The summed E-state index contributed by atoms with van der Waals surface area (Å²) < 4.78 is 46.0. The highest BCUT2D eigenvalue weighted by molar-refractivity contribution is 7.52. The molecule has 0 saturated carbocycles. The highest BCUT2D eigenvalue weighted by atomic mass is 32.1. The van der Waals surface area contributed by atoms with Gasteiger partial charge >= 0.3 is 19.4 Å². The molecular formula is C55H60F2N9O13PS. The summed E-state index contributed by atoms with van der Waals surface area (Å²) in [7, 11) is -4.12. The van der Waals surface area contributed by atoms with Gasteiger partial charge in [-0.1, -0.05) is 54.3 Å². The van der Waals surface area contributed by atoms with E-state index in [9.17, 15) is 66.3 Å². The molecule has 0 bridgehead atoms. The van der Waals surface area contributed by atoms with Crippen molar-refractivity contribution in [1.29, 1.82) is 0 Å². The molecule has 4 aromatic rings. The minimum Gasteiger partial charge on any atom is -0.447 e. The van der Waals surface area contributed by atoms with Crippen molar-refractivity contribution in [1.82, 2.24) is 40.9 Å². The van der Waals surface area contributed by atoms with Crippen LogP contribution in [-0.2, 0) is 50.3 Å². The van der Waals surface area contributed by atoms with E-state index >= 15 is 0 Å². The van der Waals surface area contributed by atoms with Gasteiger partial charge in [-0.25, -0.2) is 4.79 Å². The Morgan fingerprint density at radius 2 is 1.68 bits per heavy atom. The van der Waals surface area contributed by atoms with E-state index in [-0.39, 0.29) is 60.3 Å². The SMILES string of the molecule is CN1CC[C@H]2CC[C@@H](C(=O)N[C@@H](COC(N)=O)C(=O)N[C@H](C(=O)N3CCC(CCC#Cc4cccc5c4CN(C4CCC(=O)NC4=O)C5=O)CC3)c3ccccc3)N2C(=O)[C@@H](NC(=O)c2cc3cc(C(F)(F)P(=O)(O)O)ccc3s2)C1. The van der Waals surface area contributed by atoms with Crippen LogP contribution < -0.4 is 27.0 Å². The first-order valence-corrected chi connectivity index (χ1v) is 28.9. The highest BCUT2D eigenvalue weighted by Crippen LogP contribution is 2.59. The summed E-state index contributed by atoms with van der Waals surface area (Å²) in [5.41, 5.74) is 2.23. The van der Waals surface area contributed by atoms with Gasteiger partial charge in [-0.2, -0.15) is 8.78 Å². The molecule has 6 heterocycles. The third-order valence-corrected chi connectivity index (χ3v) is 17.7. The van der Waals surface area contributed by atoms with E-state index in [1.165, 1.54) is 21.9 Å². The first-order chi connectivity index (χ1) is 38.6. The van der Waals surface area contributed by atoms with Crippen LogP contribution in [0.4, 0.5) is 13.6 Å². The van der Waals surface area contributed by atoms with Gasteiger partial charge in [-0.05, 0) is 111 Å². The van der Waals surface area contributed by atoms with Gasteiger partial charge < -0.3 is 55.8 Å². The third kappa shape index (κ3) is 12.8. The molecule has 22 nitrogen and oxygen atoms in total. The van der Waals surface area contributed by atoms with Gasteiger partial charge in [0.15, 0.2) is 0 Å². The predicted molar refractivity (Wildman–Crippen MR) is 287 cm³/mol. The molecule has 4 fully saturated rings. The van der Waals surface area contributed by atoms with Gasteiger partial charge in [-0.3, -0.25) is 48.2 Å². The van der Waals surface area contributed by atoms with Crippen molar-refractivity contribution >= 4 is 82.4 Å². The Balaban J connectivity index is 0.831. The first kappa shape index (κ1) is 58.0. The molecule has 8 N–H and O–H groups in total. The number of piperidine rings is 2. The second-order valence-electron chi connectivity index (χ2n) is 20.9. The molecule has 3 aromatic carbocycles. The Morgan fingerprint density at radius 3 is 2.40 bits per heavy atom. The molecular weight excluding hydrogens is 1100 g/mol. The van der Waals surface area contributed by atoms with E-state index in [1.54, 1.807) is 54.4 Å². The number of likely N-dealkylation sites (N-methyl/N-ethyl adjacent to an activating group) is 1. The summed E-state index contributed by atoms with van der Waals surface area (Å²) >= 11 is 0.909. The lowest BCUT2D eigenvalue weighted by molar-refractivity contribution is -0.144. The number of alkyl halides is 2. The fourth-order valence-corrected chi connectivity index (χ4v) is 12.6. The van der Waals surface area contributed by atoms with Gasteiger partial charge in [0.05, 0.1) is 4.88 Å². The quantitative estimate of drug-likeness (QED) is 0.0511. The van der Waals surface area contributed by atoms with Gasteiger partial charge in [-0.15, -0.1) is 11.3 Å². The molecule has 4 saturated heterocycles. The monoisotopic (exact) mass is 1160 g/mol.